The van der Waals surface area contributed by atoms with Crippen LogP contribution in [0.2, 0.25) is 5.02 Å². The standard InChI is InChI=1S/C19H15ClN2O4/c20-18-10-16(22(24)25)7-6-15(18)12-21-9-8-17(11-19(21)23)26-13-14-4-2-1-3-5-14/h1-11H,12-13H2. The Labute approximate surface area is 154 Å². The van der Waals surface area contributed by atoms with Gasteiger partial charge in [-0.1, -0.05) is 41.9 Å². The summed E-state index contributed by atoms with van der Waals surface area (Å²) >= 11 is 6.08. The molecular formula is C19H15ClN2O4. The van der Waals surface area contributed by atoms with E-state index in [1.165, 1.54) is 22.8 Å². The van der Waals surface area contributed by atoms with Crippen molar-refractivity contribution in [1.82, 2.24) is 4.57 Å². The quantitative estimate of drug-likeness (QED) is 0.485. The zero-order chi connectivity index (χ0) is 18.5. The number of hydrogen-bond acceptors (Lipinski definition) is 4. The van der Waals surface area contributed by atoms with E-state index in [2.05, 4.69) is 0 Å². The molecule has 0 aliphatic heterocycles. The van der Waals surface area contributed by atoms with E-state index in [9.17, 15) is 14.9 Å². The highest BCUT2D eigenvalue weighted by Crippen LogP contribution is 2.23. The van der Waals surface area contributed by atoms with Gasteiger partial charge in [0.05, 0.1) is 16.5 Å². The third-order valence-electron chi connectivity index (χ3n) is 3.80. The van der Waals surface area contributed by atoms with Crippen molar-refractivity contribution in [3.05, 3.63) is 103 Å². The van der Waals surface area contributed by atoms with Gasteiger partial charge in [0.25, 0.3) is 11.2 Å². The van der Waals surface area contributed by atoms with Crippen LogP contribution < -0.4 is 10.3 Å². The van der Waals surface area contributed by atoms with Gasteiger partial charge in [0.2, 0.25) is 0 Å². The highest BCUT2D eigenvalue weighted by Gasteiger charge is 2.10. The summed E-state index contributed by atoms with van der Waals surface area (Å²) in [7, 11) is 0. The number of nitro groups is 1. The van der Waals surface area contributed by atoms with E-state index in [1.807, 2.05) is 30.3 Å². The first-order valence-electron chi connectivity index (χ1n) is 7.83. The molecule has 0 radical (unpaired) electrons. The first-order chi connectivity index (χ1) is 12.5. The van der Waals surface area contributed by atoms with E-state index in [1.54, 1.807) is 18.3 Å². The van der Waals surface area contributed by atoms with Crippen LogP contribution in [0.4, 0.5) is 5.69 Å². The largest absolute Gasteiger partial charge is 0.489 e. The van der Waals surface area contributed by atoms with Crippen LogP contribution in [0.5, 0.6) is 5.75 Å². The number of aromatic nitrogens is 1. The Balaban J connectivity index is 1.72. The average molecular weight is 371 g/mol. The molecule has 0 aliphatic rings. The number of nitro benzene ring substituents is 1. The predicted octanol–water partition coefficient (Wildman–Crippen LogP) is 4.04. The molecule has 0 amide bonds. The molecule has 2 aromatic carbocycles. The van der Waals surface area contributed by atoms with Crippen LogP contribution in [0.1, 0.15) is 11.1 Å². The van der Waals surface area contributed by atoms with Crippen molar-refractivity contribution in [3.8, 4) is 5.75 Å². The number of rotatable bonds is 6. The van der Waals surface area contributed by atoms with Crippen molar-refractivity contribution in [3.63, 3.8) is 0 Å². The lowest BCUT2D eigenvalue weighted by Crippen LogP contribution is -2.19. The third kappa shape index (κ3) is 4.29. The summed E-state index contributed by atoms with van der Waals surface area (Å²) in [6.45, 7) is 0.590. The molecular weight excluding hydrogens is 356 g/mol. The van der Waals surface area contributed by atoms with Crippen LogP contribution in [0, 0.1) is 10.1 Å². The number of pyridine rings is 1. The Hall–Kier alpha value is -3.12. The number of nitrogens with zero attached hydrogens (tertiary/aromatic N) is 2. The molecule has 0 unspecified atom stereocenters. The number of hydrogen-bond donors (Lipinski definition) is 0. The fraction of sp³-hybridized carbons (Fsp3) is 0.105. The van der Waals surface area contributed by atoms with Gasteiger partial charge in [0.15, 0.2) is 0 Å². The van der Waals surface area contributed by atoms with E-state index in [0.717, 1.165) is 5.56 Å². The maximum absolute atomic E-state index is 12.3. The molecule has 132 valence electrons. The van der Waals surface area contributed by atoms with E-state index < -0.39 is 4.92 Å². The molecule has 0 aliphatic carbocycles. The molecule has 1 aromatic heterocycles. The van der Waals surface area contributed by atoms with Crippen LogP contribution in [0.3, 0.4) is 0 Å². The van der Waals surface area contributed by atoms with Crippen LogP contribution >= 0.6 is 11.6 Å². The second-order valence-electron chi connectivity index (χ2n) is 5.64. The second-order valence-corrected chi connectivity index (χ2v) is 6.04. The van der Waals surface area contributed by atoms with Crippen LogP contribution in [0.15, 0.2) is 71.7 Å². The summed E-state index contributed by atoms with van der Waals surface area (Å²) in [5.74, 6) is 0.477. The van der Waals surface area contributed by atoms with Gasteiger partial charge in [-0.3, -0.25) is 14.9 Å². The Bertz CT molecular complexity index is 986. The smallest absolute Gasteiger partial charge is 0.270 e. The van der Waals surface area contributed by atoms with Gasteiger partial charge in [0.1, 0.15) is 12.4 Å². The number of halogens is 1. The Kier molecular flexibility index (Phi) is 5.34. The van der Waals surface area contributed by atoms with E-state index in [0.29, 0.717) is 17.9 Å². The lowest BCUT2D eigenvalue weighted by molar-refractivity contribution is -0.384. The lowest BCUT2D eigenvalue weighted by atomic mass is 10.2. The molecule has 7 heteroatoms. The normalized spacial score (nSPS) is 10.5. The van der Waals surface area contributed by atoms with Gasteiger partial charge in [-0.2, -0.15) is 0 Å². The summed E-state index contributed by atoms with van der Waals surface area (Å²) in [5.41, 5.74) is 1.30. The minimum absolute atomic E-state index is 0.0873. The molecule has 0 saturated carbocycles. The van der Waals surface area contributed by atoms with Crippen molar-refractivity contribution >= 4 is 17.3 Å². The number of benzene rings is 2. The lowest BCUT2D eigenvalue weighted by Gasteiger charge is -2.10. The fourth-order valence-electron chi connectivity index (χ4n) is 2.41. The van der Waals surface area contributed by atoms with Crippen LogP contribution in [-0.2, 0) is 13.2 Å². The fourth-order valence-corrected chi connectivity index (χ4v) is 2.65. The van der Waals surface area contributed by atoms with E-state index in [4.69, 9.17) is 16.3 Å². The molecule has 0 N–H and O–H groups in total. The highest BCUT2D eigenvalue weighted by molar-refractivity contribution is 6.31. The Morgan fingerprint density at radius 2 is 1.85 bits per heavy atom. The van der Waals surface area contributed by atoms with Gasteiger partial charge < -0.3 is 9.30 Å². The maximum Gasteiger partial charge on any atom is 0.270 e. The number of non-ortho nitro benzene ring substituents is 1. The molecule has 0 spiro atoms. The number of ether oxygens (including phenoxy) is 1. The van der Waals surface area contributed by atoms with Crippen molar-refractivity contribution in [2.45, 2.75) is 13.2 Å². The molecule has 0 atom stereocenters. The van der Waals surface area contributed by atoms with Crippen molar-refractivity contribution in [1.29, 1.82) is 0 Å². The third-order valence-corrected chi connectivity index (χ3v) is 4.16. The summed E-state index contributed by atoms with van der Waals surface area (Å²) in [4.78, 5) is 22.5. The zero-order valence-electron chi connectivity index (χ0n) is 13.7. The summed E-state index contributed by atoms with van der Waals surface area (Å²) in [6.07, 6.45) is 1.61. The van der Waals surface area contributed by atoms with Crippen LogP contribution in [-0.4, -0.2) is 9.49 Å². The van der Waals surface area contributed by atoms with Crippen molar-refractivity contribution in [2.75, 3.05) is 0 Å². The SMILES string of the molecule is O=c1cc(OCc2ccccc2)ccn1Cc1ccc([N+](=O)[O-])cc1Cl. The van der Waals surface area contributed by atoms with Gasteiger partial charge >= 0.3 is 0 Å². The zero-order valence-corrected chi connectivity index (χ0v) is 14.4. The molecule has 0 saturated heterocycles. The molecule has 1 heterocycles. The first kappa shape index (κ1) is 17.7. The average Bonchev–Trinajstić information content (AvgIpc) is 2.64. The topological polar surface area (TPSA) is 74.4 Å². The van der Waals surface area contributed by atoms with E-state index >= 15 is 0 Å². The summed E-state index contributed by atoms with van der Waals surface area (Å²) < 4.78 is 7.09. The van der Waals surface area contributed by atoms with Gasteiger partial charge in [-0.25, -0.2) is 0 Å². The molecule has 3 aromatic rings. The first-order valence-corrected chi connectivity index (χ1v) is 8.21. The predicted molar refractivity (Wildman–Crippen MR) is 98.7 cm³/mol. The van der Waals surface area contributed by atoms with Crippen molar-refractivity contribution < 1.29 is 9.66 Å². The van der Waals surface area contributed by atoms with E-state index in [-0.39, 0.29) is 22.8 Å². The minimum Gasteiger partial charge on any atom is -0.489 e. The van der Waals surface area contributed by atoms with Gasteiger partial charge in [-0.15, -0.1) is 0 Å². The molecule has 26 heavy (non-hydrogen) atoms. The molecule has 3 rings (SSSR count). The Morgan fingerprint density at radius 1 is 1.08 bits per heavy atom. The highest BCUT2D eigenvalue weighted by atomic mass is 35.5. The van der Waals surface area contributed by atoms with Crippen LogP contribution in [0.25, 0.3) is 0 Å². The second kappa shape index (κ2) is 7.84. The summed E-state index contributed by atoms with van der Waals surface area (Å²) in [6, 6.07) is 16.9. The Morgan fingerprint density at radius 3 is 2.50 bits per heavy atom. The molecule has 0 bridgehead atoms. The monoisotopic (exact) mass is 370 g/mol. The molecule has 0 fully saturated rings. The minimum atomic E-state index is -0.513. The molecule has 6 nitrogen and oxygen atoms in total. The summed E-state index contributed by atoms with van der Waals surface area (Å²) in [5, 5.41) is 11.0. The van der Waals surface area contributed by atoms with Crippen molar-refractivity contribution in [2.24, 2.45) is 0 Å². The van der Waals surface area contributed by atoms with Gasteiger partial charge in [-0.05, 0) is 23.3 Å². The maximum atomic E-state index is 12.3. The van der Waals surface area contributed by atoms with Gasteiger partial charge in [0, 0.05) is 24.4 Å².